The number of nitrogens with zero attached hydrogens (tertiary/aromatic N) is 4. The van der Waals surface area contributed by atoms with Gasteiger partial charge in [-0.05, 0) is 22.9 Å². The largest absolute Gasteiger partial charge is 0.345 e. The Bertz CT molecular complexity index is 1410. The van der Waals surface area contributed by atoms with E-state index in [2.05, 4.69) is 30.6 Å². The van der Waals surface area contributed by atoms with Crippen molar-refractivity contribution in [1.82, 2.24) is 30.6 Å². The number of hydrogen-bond acceptors (Lipinski definition) is 8. The molecule has 4 rings (SSSR count). The van der Waals surface area contributed by atoms with Crippen molar-refractivity contribution in [2.75, 3.05) is 0 Å². The molecular weight excluding hydrogens is 408 g/mol. The summed E-state index contributed by atoms with van der Waals surface area (Å²) in [6.45, 7) is 0. The van der Waals surface area contributed by atoms with Gasteiger partial charge in [-0.25, -0.2) is 32.1 Å². The van der Waals surface area contributed by atoms with Gasteiger partial charge in [0.25, 0.3) is 0 Å². The van der Waals surface area contributed by atoms with Crippen molar-refractivity contribution < 1.29 is 16.8 Å². The van der Waals surface area contributed by atoms with Gasteiger partial charge in [-0.2, -0.15) is 5.21 Å². The highest BCUT2D eigenvalue weighted by atomic mass is 32.2. The molecule has 12 nitrogen and oxygen atoms in total. The van der Waals surface area contributed by atoms with Gasteiger partial charge in [-0.3, -0.25) is 0 Å². The Morgan fingerprint density at radius 1 is 0.929 bits per heavy atom. The van der Waals surface area contributed by atoms with Crippen LogP contribution in [-0.2, 0) is 20.0 Å². The quantitative estimate of drug-likeness (QED) is 0.344. The Morgan fingerprint density at radius 2 is 1.71 bits per heavy atom. The van der Waals surface area contributed by atoms with Crippen LogP contribution in [0.15, 0.2) is 46.5 Å². The number of aromatic amines is 2. The van der Waals surface area contributed by atoms with E-state index in [0.717, 1.165) is 6.07 Å². The first-order chi connectivity index (χ1) is 13.2. The lowest BCUT2D eigenvalue weighted by atomic mass is 9.98. The molecule has 6 N–H and O–H groups in total. The van der Waals surface area contributed by atoms with Gasteiger partial charge in [0.1, 0.15) is 9.79 Å². The second-order valence-corrected chi connectivity index (χ2v) is 8.77. The molecule has 0 aliphatic heterocycles. The second-order valence-electron chi connectivity index (χ2n) is 5.75. The van der Waals surface area contributed by atoms with Crippen molar-refractivity contribution in [3.05, 3.63) is 36.7 Å². The molecule has 0 bridgehead atoms. The smallest absolute Gasteiger partial charge is 0.240 e. The molecule has 4 aromatic rings. The first-order valence-corrected chi connectivity index (χ1v) is 10.7. The van der Waals surface area contributed by atoms with Gasteiger partial charge in [0.15, 0.2) is 0 Å². The lowest BCUT2D eigenvalue weighted by molar-refractivity contribution is 0.584. The third-order valence-electron chi connectivity index (χ3n) is 4.02. The van der Waals surface area contributed by atoms with E-state index >= 15 is 0 Å². The van der Waals surface area contributed by atoms with E-state index in [1.54, 1.807) is 18.2 Å². The van der Waals surface area contributed by atoms with Gasteiger partial charge in [0.05, 0.1) is 22.9 Å². The zero-order chi connectivity index (χ0) is 20.1. The number of fused-ring (bicyclic) bond motifs is 1. The van der Waals surface area contributed by atoms with Crippen LogP contribution < -0.4 is 10.3 Å². The van der Waals surface area contributed by atoms with E-state index in [4.69, 9.17) is 10.3 Å². The number of aromatic nitrogens is 6. The van der Waals surface area contributed by atoms with Crippen LogP contribution in [0.2, 0.25) is 0 Å². The summed E-state index contributed by atoms with van der Waals surface area (Å²) in [6, 6.07) is 7.65. The minimum absolute atomic E-state index is 0.154. The van der Waals surface area contributed by atoms with Crippen LogP contribution in [0.1, 0.15) is 0 Å². The van der Waals surface area contributed by atoms with Crippen molar-refractivity contribution in [3.63, 3.8) is 0 Å². The van der Waals surface area contributed by atoms with Gasteiger partial charge < -0.3 is 4.98 Å². The molecule has 0 aliphatic rings. The molecule has 14 heteroatoms. The van der Waals surface area contributed by atoms with Crippen molar-refractivity contribution in [2.24, 2.45) is 10.3 Å². The van der Waals surface area contributed by atoms with E-state index in [1.807, 2.05) is 0 Å². The fourth-order valence-corrected chi connectivity index (χ4v) is 5.12. The molecule has 2 aromatic carbocycles. The van der Waals surface area contributed by atoms with Gasteiger partial charge in [0.2, 0.25) is 25.9 Å². The number of primary sulfonamides is 2. The lowest BCUT2D eigenvalue weighted by Crippen LogP contribution is -2.22. The number of benzene rings is 2. The number of imidazole rings is 1. The predicted molar refractivity (Wildman–Crippen MR) is 97.4 cm³/mol. The van der Waals surface area contributed by atoms with Crippen molar-refractivity contribution in [1.29, 1.82) is 0 Å². The third kappa shape index (κ3) is 2.93. The Balaban J connectivity index is 2.22. The van der Waals surface area contributed by atoms with Crippen molar-refractivity contribution in [2.45, 2.75) is 9.79 Å². The molecule has 0 radical (unpaired) electrons. The number of tetrazole rings is 1. The summed E-state index contributed by atoms with van der Waals surface area (Å²) in [5, 5.41) is 23.8. The van der Waals surface area contributed by atoms with Gasteiger partial charge in [-0.1, -0.05) is 18.2 Å². The zero-order valence-electron chi connectivity index (χ0n) is 13.9. The molecule has 0 amide bonds. The normalized spacial score (nSPS) is 12.5. The zero-order valence-corrected chi connectivity index (χ0v) is 15.5. The Morgan fingerprint density at radius 3 is 2.36 bits per heavy atom. The van der Waals surface area contributed by atoms with E-state index in [-0.39, 0.29) is 17.0 Å². The summed E-state index contributed by atoms with van der Waals surface area (Å²) in [4.78, 5) is 5.79. The summed E-state index contributed by atoms with van der Waals surface area (Å²) in [6.07, 6.45) is 1.47. The maximum atomic E-state index is 12.4. The molecule has 0 saturated heterocycles. The minimum atomic E-state index is -4.55. The van der Waals surface area contributed by atoms with Gasteiger partial charge in [-0.15, -0.1) is 10.2 Å². The molecular formula is C14H12N8O4S2. The minimum Gasteiger partial charge on any atom is -0.345 e. The molecule has 0 unspecified atom stereocenters. The molecule has 2 heterocycles. The summed E-state index contributed by atoms with van der Waals surface area (Å²) in [7, 11) is -8.98. The molecule has 0 fully saturated rings. The fourth-order valence-electron chi connectivity index (χ4n) is 2.97. The summed E-state index contributed by atoms with van der Waals surface area (Å²) in [5.74, 6) is -0.169. The SMILES string of the molecule is NS(=O)(=O)c1ccc(-c2cccc3[nH]cnc23)c(-c2nn[nH]n2)c1S(N)(=O)=O. The monoisotopic (exact) mass is 420 g/mol. The number of nitrogens with one attached hydrogen (secondary N) is 2. The number of nitrogens with two attached hydrogens (primary N) is 2. The lowest BCUT2D eigenvalue weighted by Gasteiger charge is -2.15. The Hall–Kier alpha value is -3.20. The highest BCUT2D eigenvalue weighted by molar-refractivity contribution is 7.92. The van der Waals surface area contributed by atoms with Crippen LogP contribution in [0.4, 0.5) is 0 Å². The summed E-state index contributed by atoms with van der Waals surface area (Å²) < 4.78 is 48.8. The van der Waals surface area contributed by atoms with Gasteiger partial charge in [0, 0.05) is 5.56 Å². The second kappa shape index (κ2) is 6.16. The molecule has 0 aliphatic carbocycles. The van der Waals surface area contributed by atoms with Crippen molar-refractivity contribution in [3.8, 4) is 22.5 Å². The van der Waals surface area contributed by atoms with E-state index in [1.165, 1.54) is 12.4 Å². The molecule has 28 heavy (non-hydrogen) atoms. The number of para-hydroxylation sites is 1. The Labute approximate surface area is 158 Å². The number of H-pyrrole nitrogens is 2. The van der Waals surface area contributed by atoms with E-state index in [9.17, 15) is 16.8 Å². The van der Waals surface area contributed by atoms with E-state index in [0.29, 0.717) is 16.6 Å². The maximum absolute atomic E-state index is 12.4. The predicted octanol–water partition coefficient (Wildman–Crippen LogP) is -0.295. The topological polar surface area (TPSA) is 203 Å². The van der Waals surface area contributed by atoms with Crippen molar-refractivity contribution >= 4 is 31.1 Å². The van der Waals surface area contributed by atoms with Crippen LogP contribution in [0.3, 0.4) is 0 Å². The first kappa shape index (κ1) is 18.2. The molecule has 0 spiro atoms. The third-order valence-corrected chi connectivity index (χ3v) is 6.10. The average molecular weight is 420 g/mol. The number of rotatable bonds is 4. The van der Waals surface area contributed by atoms with Crippen LogP contribution in [-0.4, -0.2) is 47.4 Å². The number of hydrogen-bond donors (Lipinski definition) is 4. The maximum Gasteiger partial charge on any atom is 0.240 e. The first-order valence-electron chi connectivity index (χ1n) is 7.57. The summed E-state index contributed by atoms with van der Waals surface area (Å²) in [5.41, 5.74) is 1.85. The van der Waals surface area contributed by atoms with Crippen LogP contribution in [0.5, 0.6) is 0 Å². The molecule has 0 atom stereocenters. The molecule has 2 aromatic heterocycles. The molecule has 144 valence electrons. The standard InChI is InChI=1S/C14H12N8O4S2/c15-27(23,24)10-5-4-7(8-2-1-3-9-12(8)18-6-17-9)11(13(10)28(16,25)26)14-19-21-22-20-14/h1-6H,(H,17,18)(H2,15,23,24)(H2,16,25,26)(H,19,20,21,22). The fraction of sp³-hybridized carbons (Fsp3) is 0. The Kier molecular flexibility index (Phi) is 4.00. The molecule has 0 saturated carbocycles. The van der Waals surface area contributed by atoms with Crippen LogP contribution in [0, 0.1) is 0 Å². The number of sulfonamides is 2. The highest BCUT2D eigenvalue weighted by Crippen LogP contribution is 2.40. The highest BCUT2D eigenvalue weighted by Gasteiger charge is 2.31. The van der Waals surface area contributed by atoms with Gasteiger partial charge >= 0.3 is 0 Å². The summed E-state index contributed by atoms with van der Waals surface area (Å²) >= 11 is 0. The van der Waals surface area contributed by atoms with Crippen LogP contribution >= 0.6 is 0 Å². The van der Waals surface area contributed by atoms with Crippen LogP contribution in [0.25, 0.3) is 33.5 Å². The van der Waals surface area contributed by atoms with E-state index < -0.39 is 29.8 Å². The average Bonchev–Trinajstić information content (AvgIpc) is 3.30.